The molecule has 0 fully saturated rings. The number of nitriles is 1. The lowest BCUT2D eigenvalue weighted by molar-refractivity contribution is 0.446. The summed E-state index contributed by atoms with van der Waals surface area (Å²) < 4.78 is 0. The van der Waals surface area contributed by atoms with Gasteiger partial charge in [-0.3, -0.25) is 4.98 Å². The first-order valence-electron chi connectivity index (χ1n) is 8.29. The largest absolute Gasteiger partial charge is 0.256 e. The van der Waals surface area contributed by atoms with Crippen molar-refractivity contribution in [2.75, 3.05) is 0 Å². The Bertz CT molecular complexity index is 757. The van der Waals surface area contributed by atoms with Crippen molar-refractivity contribution < 1.29 is 0 Å². The van der Waals surface area contributed by atoms with E-state index < -0.39 is 0 Å². The molecule has 1 aliphatic carbocycles. The Morgan fingerprint density at radius 1 is 1.22 bits per heavy atom. The maximum atomic E-state index is 8.48. The SMILES string of the molecule is CCCC(C)(C)C#N.Cc1c(C2(C)C=C2)ccc2ncccc12. The van der Waals surface area contributed by atoms with Crippen molar-refractivity contribution in [1.82, 2.24) is 4.98 Å². The van der Waals surface area contributed by atoms with Crippen LogP contribution in [0.4, 0.5) is 0 Å². The summed E-state index contributed by atoms with van der Waals surface area (Å²) in [6, 6.07) is 10.7. The van der Waals surface area contributed by atoms with Gasteiger partial charge in [0.2, 0.25) is 0 Å². The van der Waals surface area contributed by atoms with Crippen molar-refractivity contribution in [2.24, 2.45) is 5.41 Å². The number of hydrogen-bond donors (Lipinski definition) is 0. The molecule has 0 aliphatic heterocycles. The molecule has 3 rings (SSSR count). The number of hydrogen-bond acceptors (Lipinski definition) is 2. The summed E-state index contributed by atoms with van der Waals surface area (Å²) in [5, 5.41) is 9.74. The van der Waals surface area contributed by atoms with Gasteiger partial charge in [0.1, 0.15) is 0 Å². The van der Waals surface area contributed by atoms with Crippen molar-refractivity contribution in [1.29, 1.82) is 5.26 Å². The van der Waals surface area contributed by atoms with Crippen LogP contribution in [0.1, 0.15) is 51.7 Å². The molecule has 0 atom stereocenters. The Kier molecular flexibility index (Phi) is 4.90. The van der Waals surface area contributed by atoms with Gasteiger partial charge in [0.05, 0.1) is 17.0 Å². The molecule has 0 unspecified atom stereocenters. The van der Waals surface area contributed by atoms with E-state index in [9.17, 15) is 0 Å². The molecule has 0 radical (unpaired) electrons. The Morgan fingerprint density at radius 2 is 1.91 bits per heavy atom. The molecule has 120 valence electrons. The Labute approximate surface area is 139 Å². The van der Waals surface area contributed by atoms with Gasteiger partial charge in [-0.25, -0.2) is 0 Å². The maximum Gasteiger partial charge on any atom is 0.0704 e. The van der Waals surface area contributed by atoms with Crippen LogP contribution in [-0.2, 0) is 5.41 Å². The van der Waals surface area contributed by atoms with E-state index in [1.54, 1.807) is 0 Å². The second-order valence-corrected chi connectivity index (χ2v) is 7.17. The highest BCUT2D eigenvalue weighted by atomic mass is 14.6. The van der Waals surface area contributed by atoms with Crippen molar-refractivity contribution in [3.8, 4) is 6.07 Å². The Hall–Kier alpha value is -2.14. The molecule has 0 saturated heterocycles. The van der Waals surface area contributed by atoms with Crippen molar-refractivity contribution >= 4 is 10.9 Å². The van der Waals surface area contributed by atoms with Crippen LogP contribution in [0.5, 0.6) is 0 Å². The van der Waals surface area contributed by atoms with Gasteiger partial charge >= 0.3 is 0 Å². The quantitative estimate of drug-likeness (QED) is 0.681. The van der Waals surface area contributed by atoms with Gasteiger partial charge in [-0.2, -0.15) is 5.26 Å². The molecule has 23 heavy (non-hydrogen) atoms. The first-order valence-corrected chi connectivity index (χ1v) is 8.29. The van der Waals surface area contributed by atoms with Gasteiger partial charge in [0, 0.05) is 17.0 Å². The van der Waals surface area contributed by atoms with Crippen LogP contribution < -0.4 is 0 Å². The summed E-state index contributed by atoms with van der Waals surface area (Å²) in [6.07, 6.45) is 8.44. The summed E-state index contributed by atoms with van der Waals surface area (Å²) in [5.41, 5.74) is 3.95. The van der Waals surface area contributed by atoms with E-state index in [2.05, 4.69) is 62.2 Å². The van der Waals surface area contributed by atoms with E-state index in [0.717, 1.165) is 18.4 Å². The molecule has 0 spiro atoms. The van der Waals surface area contributed by atoms with E-state index in [-0.39, 0.29) is 10.8 Å². The summed E-state index contributed by atoms with van der Waals surface area (Å²) >= 11 is 0. The summed E-state index contributed by atoms with van der Waals surface area (Å²) in [4.78, 5) is 4.37. The third-order valence-electron chi connectivity index (χ3n) is 4.48. The third-order valence-corrected chi connectivity index (χ3v) is 4.48. The van der Waals surface area contributed by atoms with E-state index in [4.69, 9.17) is 5.26 Å². The first kappa shape index (κ1) is 17.2. The Balaban J connectivity index is 0.000000207. The molecular weight excluding hydrogens is 280 g/mol. The highest BCUT2D eigenvalue weighted by Gasteiger charge is 2.31. The first-order chi connectivity index (χ1) is 10.8. The van der Waals surface area contributed by atoms with Crippen LogP contribution >= 0.6 is 0 Å². The summed E-state index contributed by atoms with van der Waals surface area (Å²) in [6.45, 7) is 10.5. The van der Waals surface area contributed by atoms with E-state index in [1.807, 2.05) is 26.1 Å². The zero-order valence-electron chi connectivity index (χ0n) is 14.9. The highest BCUT2D eigenvalue weighted by Crippen LogP contribution is 2.40. The average molecular weight is 306 g/mol. The lowest BCUT2D eigenvalue weighted by Crippen LogP contribution is -2.05. The number of pyridine rings is 1. The number of fused-ring (bicyclic) bond motifs is 1. The van der Waals surface area contributed by atoms with Gasteiger partial charge in [-0.05, 0) is 57.4 Å². The maximum absolute atomic E-state index is 8.48. The molecule has 1 aliphatic rings. The van der Waals surface area contributed by atoms with Crippen LogP contribution in [0.3, 0.4) is 0 Å². The molecule has 0 N–H and O–H groups in total. The summed E-state index contributed by atoms with van der Waals surface area (Å²) in [7, 11) is 0. The predicted molar refractivity (Wildman–Crippen MR) is 97.3 cm³/mol. The fourth-order valence-electron chi connectivity index (χ4n) is 2.87. The fourth-order valence-corrected chi connectivity index (χ4v) is 2.87. The number of nitrogens with zero attached hydrogens (tertiary/aromatic N) is 2. The van der Waals surface area contributed by atoms with Gasteiger partial charge in [0.25, 0.3) is 0 Å². The van der Waals surface area contributed by atoms with Crippen LogP contribution in [0.25, 0.3) is 10.9 Å². The third kappa shape index (κ3) is 3.99. The number of aromatic nitrogens is 1. The van der Waals surface area contributed by atoms with Crippen LogP contribution in [0.2, 0.25) is 0 Å². The van der Waals surface area contributed by atoms with E-state index in [0.29, 0.717) is 0 Å². The van der Waals surface area contributed by atoms with Gasteiger partial charge in [-0.15, -0.1) is 0 Å². The van der Waals surface area contributed by atoms with Crippen molar-refractivity contribution in [3.63, 3.8) is 0 Å². The molecule has 2 aromatic rings. The standard InChI is InChI=1S/C14H13N.C7H13N/c1-10-11-4-3-9-15-13(11)6-5-12(10)14(2)7-8-14;1-4-5-7(2,3)6-8/h3-9H,1-2H3;4-5H2,1-3H3. The number of benzene rings is 1. The lowest BCUT2D eigenvalue weighted by atomic mass is 9.90. The highest BCUT2D eigenvalue weighted by molar-refractivity contribution is 5.84. The van der Waals surface area contributed by atoms with E-state index in [1.165, 1.54) is 16.5 Å². The number of allylic oxidation sites excluding steroid dienone is 2. The van der Waals surface area contributed by atoms with Gasteiger partial charge < -0.3 is 0 Å². The molecule has 0 bridgehead atoms. The monoisotopic (exact) mass is 306 g/mol. The molecule has 0 amide bonds. The molecule has 0 saturated carbocycles. The van der Waals surface area contributed by atoms with Gasteiger partial charge in [0.15, 0.2) is 0 Å². The zero-order valence-corrected chi connectivity index (χ0v) is 14.9. The minimum atomic E-state index is -0.102. The van der Waals surface area contributed by atoms with Crippen molar-refractivity contribution in [3.05, 3.63) is 53.7 Å². The zero-order chi connectivity index (χ0) is 17.1. The molecule has 2 heteroatoms. The normalized spacial score (nSPS) is 14.8. The van der Waals surface area contributed by atoms with Crippen LogP contribution in [0.15, 0.2) is 42.6 Å². The molecule has 1 aromatic heterocycles. The lowest BCUT2D eigenvalue weighted by Gasteiger charge is -2.14. The number of rotatable bonds is 3. The minimum Gasteiger partial charge on any atom is -0.256 e. The molecule has 1 aromatic carbocycles. The molecular formula is C21H26N2. The second kappa shape index (κ2) is 6.54. The Morgan fingerprint density at radius 3 is 2.43 bits per heavy atom. The van der Waals surface area contributed by atoms with Crippen molar-refractivity contribution in [2.45, 2.75) is 52.9 Å². The fraction of sp³-hybridized carbons (Fsp3) is 0.429. The predicted octanol–water partition coefficient (Wildman–Crippen LogP) is 5.71. The molecule has 2 nitrogen and oxygen atoms in total. The molecule has 1 heterocycles. The van der Waals surface area contributed by atoms with Gasteiger partial charge in [-0.1, -0.05) is 37.6 Å². The average Bonchev–Trinajstić information content (AvgIpc) is 3.27. The topological polar surface area (TPSA) is 36.7 Å². The minimum absolute atomic E-state index is 0.102. The van der Waals surface area contributed by atoms with E-state index >= 15 is 0 Å². The second-order valence-electron chi connectivity index (χ2n) is 7.17. The van der Waals surface area contributed by atoms with Crippen LogP contribution in [-0.4, -0.2) is 4.98 Å². The smallest absolute Gasteiger partial charge is 0.0704 e. The number of aryl methyl sites for hydroxylation is 1. The van der Waals surface area contributed by atoms with Crippen LogP contribution in [0, 0.1) is 23.7 Å². The summed E-state index contributed by atoms with van der Waals surface area (Å²) in [5.74, 6) is 0.